The summed E-state index contributed by atoms with van der Waals surface area (Å²) in [7, 11) is 0. The van der Waals surface area contributed by atoms with E-state index in [1.165, 1.54) is 44.5 Å². The summed E-state index contributed by atoms with van der Waals surface area (Å²) in [5, 5.41) is 24.3. The van der Waals surface area contributed by atoms with E-state index in [2.05, 4.69) is 51.6 Å². The third-order valence-corrected chi connectivity index (χ3v) is 4.83. The van der Waals surface area contributed by atoms with E-state index in [1.54, 1.807) is 0 Å². The Bertz CT molecular complexity index is 797. The van der Waals surface area contributed by atoms with E-state index < -0.39 is 0 Å². The van der Waals surface area contributed by atoms with E-state index in [-0.39, 0.29) is 11.1 Å². The molecule has 0 spiro atoms. The molecule has 0 aliphatic heterocycles. The van der Waals surface area contributed by atoms with Gasteiger partial charge in [-0.05, 0) is 18.8 Å². The van der Waals surface area contributed by atoms with Gasteiger partial charge >= 0.3 is 0 Å². The Balaban J connectivity index is 1.77. The topological polar surface area (TPSA) is 99.4 Å². The number of nitrogens with one attached hydrogen (secondary N) is 2. The summed E-state index contributed by atoms with van der Waals surface area (Å²) in [5.74, 6) is 1.86. The fourth-order valence-electron chi connectivity index (χ4n) is 3.37. The van der Waals surface area contributed by atoms with E-state index in [0.717, 1.165) is 23.8 Å². The first-order chi connectivity index (χ1) is 13.0. The number of nitrogens with zero attached hydrogens (tertiary/aromatic N) is 5. The highest BCUT2D eigenvalue weighted by Crippen LogP contribution is 2.30. The van der Waals surface area contributed by atoms with Crippen molar-refractivity contribution in [3.63, 3.8) is 0 Å². The molecule has 1 aliphatic rings. The Morgan fingerprint density at radius 3 is 2.48 bits per heavy atom. The third kappa shape index (κ3) is 5.13. The van der Waals surface area contributed by atoms with Crippen LogP contribution in [-0.4, -0.2) is 26.7 Å². The monoisotopic (exact) mass is 365 g/mol. The number of hydrogen-bond acceptors (Lipinski definition) is 7. The van der Waals surface area contributed by atoms with Crippen LogP contribution < -0.4 is 10.6 Å². The Morgan fingerprint density at radius 2 is 1.85 bits per heavy atom. The lowest BCUT2D eigenvalue weighted by atomic mass is 9.88. The van der Waals surface area contributed by atoms with Crippen LogP contribution in [0.1, 0.15) is 64.3 Å². The molecule has 0 amide bonds. The predicted molar refractivity (Wildman–Crippen MR) is 106 cm³/mol. The van der Waals surface area contributed by atoms with Crippen LogP contribution in [0.4, 0.5) is 17.3 Å². The molecule has 1 aliphatic carbocycles. The third-order valence-electron chi connectivity index (χ3n) is 4.83. The van der Waals surface area contributed by atoms with Crippen LogP contribution in [0.5, 0.6) is 0 Å². The van der Waals surface area contributed by atoms with Gasteiger partial charge < -0.3 is 10.6 Å². The van der Waals surface area contributed by atoms with Gasteiger partial charge in [-0.25, -0.2) is 9.97 Å². The van der Waals surface area contributed by atoms with Gasteiger partial charge in [0.15, 0.2) is 11.5 Å². The van der Waals surface area contributed by atoms with Crippen molar-refractivity contribution >= 4 is 17.3 Å². The minimum absolute atomic E-state index is 0.103. The maximum Gasteiger partial charge on any atom is 0.158 e. The van der Waals surface area contributed by atoms with E-state index in [0.29, 0.717) is 11.6 Å². The summed E-state index contributed by atoms with van der Waals surface area (Å²) in [4.78, 5) is 8.20. The van der Waals surface area contributed by atoms with E-state index in [4.69, 9.17) is 5.26 Å². The Hall–Kier alpha value is -2.75. The molecule has 0 aromatic carbocycles. The highest BCUT2D eigenvalue weighted by molar-refractivity contribution is 5.60. The highest BCUT2D eigenvalue weighted by atomic mass is 15.2. The smallest absolute Gasteiger partial charge is 0.158 e. The minimum Gasteiger partial charge on any atom is -0.383 e. The van der Waals surface area contributed by atoms with Gasteiger partial charge in [0.05, 0.1) is 23.8 Å². The average molecular weight is 365 g/mol. The molecule has 0 atom stereocenters. The van der Waals surface area contributed by atoms with Crippen molar-refractivity contribution in [3.05, 3.63) is 29.8 Å². The molecule has 142 valence electrons. The highest BCUT2D eigenvalue weighted by Gasteiger charge is 2.22. The van der Waals surface area contributed by atoms with Gasteiger partial charge in [0, 0.05) is 18.0 Å². The molecule has 2 heterocycles. The van der Waals surface area contributed by atoms with E-state index >= 15 is 0 Å². The second kappa shape index (κ2) is 8.30. The van der Waals surface area contributed by atoms with Crippen molar-refractivity contribution in [1.82, 2.24) is 20.2 Å². The number of aromatic nitrogens is 4. The molecule has 0 radical (unpaired) electrons. The van der Waals surface area contributed by atoms with Gasteiger partial charge in [0.25, 0.3) is 0 Å². The van der Waals surface area contributed by atoms with Crippen molar-refractivity contribution in [2.45, 2.75) is 58.3 Å². The first-order valence-electron chi connectivity index (χ1n) is 9.57. The van der Waals surface area contributed by atoms with Gasteiger partial charge in [0.1, 0.15) is 11.9 Å². The average Bonchev–Trinajstić information content (AvgIpc) is 2.67. The molecule has 1 saturated carbocycles. The Kier molecular flexibility index (Phi) is 5.84. The molecule has 3 rings (SSSR count). The van der Waals surface area contributed by atoms with Crippen LogP contribution in [0.15, 0.2) is 18.5 Å². The zero-order chi connectivity index (χ0) is 19.3. The molecule has 2 aromatic heterocycles. The molecule has 1 fully saturated rings. The Morgan fingerprint density at radius 1 is 1.07 bits per heavy atom. The number of nitriles is 1. The fourth-order valence-corrected chi connectivity index (χ4v) is 3.37. The van der Waals surface area contributed by atoms with Crippen LogP contribution in [0, 0.1) is 17.2 Å². The zero-order valence-corrected chi connectivity index (χ0v) is 16.3. The lowest BCUT2D eigenvalue weighted by Gasteiger charge is -2.25. The van der Waals surface area contributed by atoms with Gasteiger partial charge in [-0.2, -0.15) is 10.4 Å². The molecule has 27 heavy (non-hydrogen) atoms. The molecule has 2 aromatic rings. The lowest BCUT2D eigenvalue weighted by molar-refractivity contribution is 0.373. The second-order valence-electron chi connectivity index (χ2n) is 8.15. The van der Waals surface area contributed by atoms with Gasteiger partial charge in [-0.3, -0.25) is 0 Å². The summed E-state index contributed by atoms with van der Waals surface area (Å²) < 4.78 is 0. The number of hydrogen-bond donors (Lipinski definition) is 2. The number of rotatable bonds is 5. The van der Waals surface area contributed by atoms with Crippen LogP contribution in [0.3, 0.4) is 0 Å². The minimum atomic E-state index is -0.103. The lowest BCUT2D eigenvalue weighted by Crippen LogP contribution is -2.22. The van der Waals surface area contributed by atoms with Gasteiger partial charge in [-0.1, -0.05) is 40.0 Å². The van der Waals surface area contributed by atoms with Gasteiger partial charge in [0.2, 0.25) is 0 Å². The van der Waals surface area contributed by atoms with Gasteiger partial charge in [-0.15, -0.1) is 5.10 Å². The van der Waals surface area contributed by atoms with Crippen molar-refractivity contribution in [3.8, 4) is 6.07 Å². The van der Waals surface area contributed by atoms with Crippen molar-refractivity contribution < 1.29 is 0 Å². The quantitative estimate of drug-likeness (QED) is 0.820. The maximum absolute atomic E-state index is 8.82. The summed E-state index contributed by atoms with van der Waals surface area (Å²) in [6, 6.07) is 3.94. The summed E-state index contributed by atoms with van der Waals surface area (Å²) in [5.41, 5.74) is 2.14. The molecule has 0 unspecified atom stereocenters. The van der Waals surface area contributed by atoms with Crippen LogP contribution in [0.2, 0.25) is 0 Å². The first kappa shape index (κ1) is 19.0. The van der Waals surface area contributed by atoms with Crippen LogP contribution in [-0.2, 0) is 5.41 Å². The molecule has 7 heteroatoms. The summed E-state index contributed by atoms with van der Waals surface area (Å²) in [6.45, 7) is 7.39. The van der Waals surface area contributed by atoms with Crippen molar-refractivity contribution in [2.24, 2.45) is 5.92 Å². The normalized spacial score (nSPS) is 15.2. The molecule has 0 bridgehead atoms. The summed E-state index contributed by atoms with van der Waals surface area (Å²) in [6.07, 6.45) is 9.56. The largest absolute Gasteiger partial charge is 0.383 e. The molecule has 7 nitrogen and oxygen atoms in total. The van der Waals surface area contributed by atoms with Crippen molar-refractivity contribution in [2.75, 3.05) is 17.2 Å². The zero-order valence-electron chi connectivity index (χ0n) is 16.3. The van der Waals surface area contributed by atoms with Crippen molar-refractivity contribution in [1.29, 1.82) is 5.26 Å². The summed E-state index contributed by atoms with van der Waals surface area (Å²) >= 11 is 0. The van der Waals surface area contributed by atoms with E-state index in [9.17, 15) is 0 Å². The fraction of sp³-hybridized carbons (Fsp3) is 0.550. The number of anilines is 3. The second-order valence-corrected chi connectivity index (χ2v) is 8.15. The SMILES string of the molecule is CC(C)(C)c1nnc(Nc2cnc(C#N)cn2)cc1NCC1CCCCC1. The predicted octanol–water partition coefficient (Wildman–Crippen LogP) is 4.17. The van der Waals surface area contributed by atoms with Crippen LogP contribution >= 0.6 is 0 Å². The molecule has 2 N–H and O–H groups in total. The maximum atomic E-state index is 8.82. The molecule has 0 saturated heterocycles. The standard InChI is InChI=1S/C20H27N7/c1-20(2,3)19-16(23-11-14-7-5-4-6-8-14)9-17(26-27-19)25-18-13-22-15(10-21)12-24-18/h9,12-14H,4-8,11H2,1-3H3,(H2,23,24,25,26). The van der Waals surface area contributed by atoms with E-state index in [1.807, 2.05) is 12.1 Å². The first-order valence-corrected chi connectivity index (χ1v) is 9.57. The molecular weight excluding hydrogens is 338 g/mol. The Labute approximate surface area is 160 Å². The van der Waals surface area contributed by atoms with Crippen LogP contribution in [0.25, 0.3) is 0 Å². The molecular formula is C20H27N7.